The average Bonchev–Trinajstić information content (AvgIpc) is 2.98. The first kappa shape index (κ1) is 40.9. The lowest BCUT2D eigenvalue weighted by molar-refractivity contribution is -0.880. The zero-order chi connectivity index (χ0) is 30.8. The fourth-order valence-corrected chi connectivity index (χ4v) is 5.52. The maximum atomic E-state index is 12.0. The van der Waals surface area contributed by atoms with Crippen LogP contribution in [0.5, 0.6) is 0 Å². The van der Waals surface area contributed by atoms with Crippen LogP contribution in [0.4, 0.5) is 0 Å². The molecular weight excluding hydrogens is 522 g/mol. The minimum Gasteiger partial charge on any atom is -0.460 e. The number of nitrogens with one attached hydrogen (secondary N) is 1. The molecule has 1 N–H and O–H groups in total. The maximum absolute atomic E-state index is 12.0. The van der Waals surface area contributed by atoms with Crippen LogP contribution in [0.1, 0.15) is 194 Å². The average molecular weight is 597 g/mol. The van der Waals surface area contributed by atoms with Gasteiger partial charge in [0.05, 0.1) is 7.05 Å². The van der Waals surface area contributed by atoms with Gasteiger partial charge in [0, 0.05) is 12.8 Å². The van der Waals surface area contributed by atoms with Gasteiger partial charge in [-0.05, 0) is 12.8 Å². The molecule has 0 aromatic carbocycles. The molecule has 5 heteroatoms. The van der Waals surface area contributed by atoms with Crippen molar-refractivity contribution in [3.8, 4) is 0 Å². The summed E-state index contributed by atoms with van der Waals surface area (Å²) >= 11 is 0. The highest BCUT2D eigenvalue weighted by molar-refractivity contribution is 5.69. The highest BCUT2D eigenvalue weighted by Gasteiger charge is 2.08. The van der Waals surface area contributed by atoms with Gasteiger partial charge in [-0.15, -0.1) is 0 Å². The smallest absolute Gasteiger partial charge is 0.305 e. The van der Waals surface area contributed by atoms with Gasteiger partial charge in [-0.3, -0.25) is 9.59 Å². The highest BCUT2D eigenvalue weighted by Crippen LogP contribution is 2.14. The van der Waals surface area contributed by atoms with Crippen molar-refractivity contribution in [3.05, 3.63) is 0 Å². The van der Waals surface area contributed by atoms with E-state index in [-0.39, 0.29) is 11.9 Å². The molecule has 0 saturated carbocycles. The van der Waals surface area contributed by atoms with E-state index in [1.807, 2.05) is 0 Å². The fraction of sp³-hybridized carbons (Fsp3) is 0.946. The van der Waals surface area contributed by atoms with E-state index in [4.69, 9.17) is 9.47 Å². The van der Waals surface area contributed by atoms with Gasteiger partial charge in [0.15, 0.2) is 0 Å². The fourth-order valence-electron chi connectivity index (χ4n) is 5.52. The van der Waals surface area contributed by atoms with Crippen molar-refractivity contribution >= 4 is 11.9 Å². The standard InChI is InChI=1S/C37H73NO4/c1-4-6-8-10-12-14-16-18-20-22-24-26-28-30-36(39)41-34-32-38(3)33-35-42-37(40)31-29-27-25-23-21-19-17-15-13-11-9-7-5-2/h4-35H2,1-3H3/p+1. The molecule has 42 heavy (non-hydrogen) atoms. The maximum Gasteiger partial charge on any atom is 0.305 e. The van der Waals surface area contributed by atoms with Crippen molar-refractivity contribution in [2.24, 2.45) is 0 Å². The molecule has 0 aromatic rings. The van der Waals surface area contributed by atoms with Crippen molar-refractivity contribution in [3.63, 3.8) is 0 Å². The Morgan fingerprint density at radius 2 is 0.643 bits per heavy atom. The third kappa shape index (κ3) is 33.4. The van der Waals surface area contributed by atoms with Crippen LogP contribution in [-0.4, -0.2) is 45.3 Å². The van der Waals surface area contributed by atoms with Crippen molar-refractivity contribution in [2.45, 2.75) is 194 Å². The number of likely N-dealkylation sites (N-methyl/N-ethyl adjacent to an activating group) is 1. The minimum absolute atomic E-state index is 0.0740. The van der Waals surface area contributed by atoms with Crippen LogP contribution in [0, 0.1) is 0 Å². The number of hydrogen-bond acceptors (Lipinski definition) is 4. The van der Waals surface area contributed by atoms with Crippen molar-refractivity contribution < 1.29 is 24.0 Å². The Bertz CT molecular complexity index is 520. The van der Waals surface area contributed by atoms with Gasteiger partial charge in [-0.1, -0.05) is 168 Å². The second kappa shape index (κ2) is 34.4. The predicted molar refractivity (Wildman–Crippen MR) is 179 cm³/mol. The lowest BCUT2D eigenvalue weighted by Gasteiger charge is -2.14. The lowest BCUT2D eigenvalue weighted by Crippen LogP contribution is -3.10. The summed E-state index contributed by atoms with van der Waals surface area (Å²) < 4.78 is 10.8. The topological polar surface area (TPSA) is 57.0 Å². The van der Waals surface area contributed by atoms with Gasteiger partial charge in [0.2, 0.25) is 0 Å². The van der Waals surface area contributed by atoms with Crippen LogP contribution in [0.3, 0.4) is 0 Å². The zero-order valence-electron chi connectivity index (χ0n) is 28.8. The molecular formula is C37H74NO4+. The molecule has 0 amide bonds. The number of hydrogen-bond donors (Lipinski definition) is 1. The van der Waals surface area contributed by atoms with Crippen LogP contribution in [0.15, 0.2) is 0 Å². The lowest BCUT2D eigenvalue weighted by atomic mass is 10.0. The first-order valence-electron chi connectivity index (χ1n) is 18.7. The summed E-state index contributed by atoms with van der Waals surface area (Å²) in [4.78, 5) is 25.2. The van der Waals surface area contributed by atoms with Gasteiger partial charge in [-0.25, -0.2) is 0 Å². The summed E-state index contributed by atoms with van der Waals surface area (Å²) in [6.07, 6.45) is 35.1. The molecule has 0 radical (unpaired) electrons. The molecule has 0 atom stereocenters. The third-order valence-electron chi connectivity index (χ3n) is 8.55. The molecule has 0 aliphatic heterocycles. The predicted octanol–water partition coefficient (Wildman–Crippen LogP) is 9.55. The summed E-state index contributed by atoms with van der Waals surface area (Å²) in [5.41, 5.74) is 0. The molecule has 0 saturated heterocycles. The van der Waals surface area contributed by atoms with E-state index in [0.29, 0.717) is 26.1 Å². The number of ether oxygens (including phenoxy) is 2. The Morgan fingerprint density at radius 3 is 0.905 bits per heavy atom. The number of esters is 2. The summed E-state index contributed by atoms with van der Waals surface area (Å²) in [6.45, 7) is 6.93. The van der Waals surface area contributed by atoms with Gasteiger partial charge in [-0.2, -0.15) is 0 Å². The summed E-state index contributed by atoms with van der Waals surface area (Å²) in [5.74, 6) is -0.148. The molecule has 0 aromatic heterocycles. The SMILES string of the molecule is CCCCCCCCCCCCCCCC(=O)OCC[NH+](C)CCOC(=O)CCCCCCCCCCCCCCC. The second-order valence-corrected chi connectivity index (χ2v) is 12.9. The van der Waals surface area contributed by atoms with Gasteiger partial charge in [0.25, 0.3) is 0 Å². The van der Waals surface area contributed by atoms with E-state index in [9.17, 15) is 9.59 Å². The van der Waals surface area contributed by atoms with E-state index in [2.05, 4.69) is 20.9 Å². The largest absolute Gasteiger partial charge is 0.460 e. The first-order valence-corrected chi connectivity index (χ1v) is 18.7. The van der Waals surface area contributed by atoms with Crippen molar-refractivity contribution in [1.29, 1.82) is 0 Å². The van der Waals surface area contributed by atoms with Gasteiger partial charge >= 0.3 is 11.9 Å². The van der Waals surface area contributed by atoms with Crippen LogP contribution in [0.25, 0.3) is 0 Å². The second-order valence-electron chi connectivity index (χ2n) is 12.9. The quantitative estimate of drug-likeness (QED) is 0.0594. The number of quaternary nitrogens is 1. The van der Waals surface area contributed by atoms with Gasteiger partial charge < -0.3 is 14.4 Å². The Morgan fingerprint density at radius 1 is 0.405 bits per heavy atom. The normalized spacial score (nSPS) is 11.3. The van der Waals surface area contributed by atoms with E-state index >= 15 is 0 Å². The summed E-state index contributed by atoms with van der Waals surface area (Å²) in [7, 11) is 2.06. The first-order chi connectivity index (χ1) is 20.6. The highest BCUT2D eigenvalue weighted by atomic mass is 16.5. The molecule has 5 nitrogen and oxygen atoms in total. The molecule has 0 spiro atoms. The molecule has 250 valence electrons. The number of rotatable bonds is 34. The third-order valence-corrected chi connectivity index (χ3v) is 8.55. The van der Waals surface area contributed by atoms with Crippen molar-refractivity contribution in [1.82, 2.24) is 0 Å². The minimum atomic E-state index is -0.0740. The summed E-state index contributed by atoms with van der Waals surface area (Å²) in [5, 5.41) is 0. The van der Waals surface area contributed by atoms with E-state index < -0.39 is 0 Å². The molecule has 0 heterocycles. The Labute approximate surface area is 262 Å². The van der Waals surface area contributed by atoms with Crippen LogP contribution in [0.2, 0.25) is 0 Å². The van der Waals surface area contributed by atoms with Crippen LogP contribution in [-0.2, 0) is 19.1 Å². The molecule has 0 rings (SSSR count). The van der Waals surface area contributed by atoms with E-state index in [1.165, 1.54) is 146 Å². The molecule has 0 bridgehead atoms. The monoisotopic (exact) mass is 597 g/mol. The van der Waals surface area contributed by atoms with E-state index in [0.717, 1.165) is 38.8 Å². The summed E-state index contributed by atoms with van der Waals surface area (Å²) in [6, 6.07) is 0. The number of carbonyl (C=O) groups excluding carboxylic acids is 2. The molecule has 0 unspecified atom stereocenters. The Hall–Kier alpha value is -1.10. The van der Waals surface area contributed by atoms with E-state index in [1.54, 1.807) is 0 Å². The number of unbranched alkanes of at least 4 members (excludes halogenated alkanes) is 24. The molecule has 0 aliphatic rings. The Balaban J connectivity index is 3.37. The van der Waals surface area contributed by atoms with Gasteiger partial charge in [0.1, 0.15) is 26.3 Å². The Kier molecular flexibility index (Phi) is 33.5. The molecule has 0 aliphatic carbocycles. The molecule has 0 fully saturated rings. The number of carbonyl (C=O) groups is 2. The zero-order valence-corrected chi connectivity index (χ0v) is 28.8. The van der Waals surface area contributed by atoms with Crippen molar-refractivity contribution in [2.75, 3.05) is 33.4 Å². The van der Waals surface area contributed by atoms with Crippen LogP contribution < -0.4 is 4.90 Å². The van der Waals surface area contributed by atoms with Crippen LogP contribution >= 0.6 is 0 Å².